The van der Waals surface area contributed by atoms with Crippen molar-refractivity contribution < 1.29 is 8.78 Å². The Morgan fingerprint density at radius 3 is 2.67 bits per heavy atom. The minimum atomic E-state index is -0.520. The Morgan fingerprint density at radius 2 is 1.96 bits per heavy atom. The zero-order valence-electron chi connectivity index (χ0n) is 14.5. The molecular formula is C19H17F2N5O. The van der Waals surface area contributed by atoms with Gasteiger partial charge in [-0.2, -0.15) is 10.2 Å². The molecule has 0 radical (unpaired) electrons. The normalized spacial score (nSPS) is 18.2. The van der Waals surface area contributed by atoms with Crippen LogP contribution in [0.1, 0.15) is 23.2 Å². The van der Waals surface area contributed by atoms with Gasteiger partial charge in [-0.1, -0.05) is 12.1 Å². The van der Waals surface area contributed by atoms with E-state index >= 15 is 0 Å². The van der Waals surface area contributed by atoms with Crippen LogP contribution in [0.4, 0.5) is 14.5 Å². The van der Waals surface area contributed by atoms with Crippen molar-refractivity contribution in [3.05, 3.63) is 69.6 Å². The van der Waals surface area contributed by atoms with E-state index in [1.165, 1.54) is 24.3 Å². The van der Waals surface area contributed by atoms with Crippen molar-refractivity contribution in [3.63, 3.8) is 0 Å². The molecule has 2 heterocycles. The van der Waals surface area contributed by atoms with Crippen LogP contribution in [0.25, 0.3) is 10.8 Å². The van der Waals surface area contributed by atoms with Gasteiger partial charge in [0.15, 0.2) is 0 Å². The third-order valence-electron chi connectivity index (χ3n) is 4.88. The van der Waals surface area contributed by atoms with E-state index in [4.69, 9.17) is 0 Å². The third kappa shape index (κ3) is 2.92. The zero-order valence-corrected chi connectivity index (χ0v) is 14.5. The van der Waals surface area contributed by atoms with Crippen molar-refractivity contribution in [2.75, 3.05) is 18.9 Å². The molecule has 6 nitrogen and oxygen atoms in total. The van der Waals surface area contributed by atoms with E-state index in [1.54, 1.807) is 24.2 Å². The highest BCUT2D eigenvalue weighted by atomic mass is 19.1. The number of likely N-dealkylation sites (N-methyl/N-ethyl adjacent to an activating group) is 1. The fourth-order valence-electron chi connectivity index (χ4n) is 3.62. The number of halogens is 2. The lowest BCUT2D eigenvalue weighted by Gasteiger charge is -2.35. The first-order chi connectivity index (χ1) is 13.0. The van der Waals surface area contributed by atoms with Gasteiger partial charge in [-0.25, -0.2) is 13.9 Å². The van der Waals surface area contributed by atoms with Crippen molar-refractivity contribution >= 4 is 23.2 Å². The summed E-state index contributed by atoms with van der Waals surface area (Å²) in [5, 5.41) is 16.4. The second-order valence-electron chi connectivity index (χ2n) is 6.58. The molecule has 4 rings (SSSR count). The number of aromatic amines is 1. The van der Waals surface area contributed by atoms with E-state index < -0.39 is 11.4 Å². The van der Waals surface area contributed by atoms with Crippen LogP contribution in [-0.2, 0) is 0 Å². The van der Waals surface area contributed by atoms with Crippen LogP contribution in [0.5, 0.6) is 0 Å². The minimum Gasteiger partial charge on any atom is -0.377 e. The van der Waals surface area contributed by atoms with Crippen molar-refractivity contribution in [2.45, 2.75) is 12.0 Å². The second-order valence-corrected chi connectivity index (χ2v) is 6.58. The van der Waals surface area contributed by atoms with Crippen LogP contribution in [0.15, 0.2) is 46.3 Å². The van der Waals surface area contributed by atoms with Crippen molar-refractivity contribution in [2.24, 2.45) is 5.10 Å². The molecule has 0 aliphatic carbocycles. The molecule has 138 valence electrons. The van der Waals surface area contributed by atoms with Gasteiger partial charge < -0.3 is 5.32 Å². The van der Waals surface area contributed by atoms with E-state index in [9.17, 15) is 13.6 Å². The smallest absolute Gasteiger partial charge is 0.272 e. The summed E-state index contributed by atoms with van der Waals surface area (Å²) in [6.07, 6.45) is 0. The lowest BCUT2D eigenvalue weighted by molar-refractivity contribution is 0.311. The van der Waals surface area contributed by atoms with Gasteiger partial charge in [0.1, 0.15) is 11.6 Å². The van der Waals surface area contributed by atoms with Crippen molar-refractivity contribution in [1.82, 2.24) is 15.2 Å². The molecule has 8 heteroatoms. The van der Waals surface area contributed by atoms with Gasteiger partial charge in [0, 0.05) is 37.3 Å². The summed E-state index contributed by atoms with van der Waals surface area (Å²) in [7, 11) is 1.78. The average Bonchev–Trinajstić information content (AvgIpc) is 2.66. The standard InChI is InChI=1S/C19H17F2N5O/c1-22-26(2)9-14-17(10-3-5-11(20)6-4-10)23-15-8-12(21)7-13-16(15)18(14)24-25-19(13)27/h3-8,14,17,23H,1,9H2,2H3,(H,25,27)/t14-,17-/m1/s1. The summed E-state index contributed by atoms with van der Waals surface area (Å²) >= 11 is 0. The predicted octanol–water partition coefficient (Wildman–Crippen LogP) is 3.00. The highest BCUT2D eigenvalue weighted by molar-refractivity contribution is 5.97. The SMILES string of the molecule is C=NN(C)C[C@H]1c2n[nH]c(=O)c3cc(F)cc(c23)N[C@@H]1c1ccc(F)cc1. The van der Waals surface area contributed by atoms with Crippen LogP contribution >= 0.6 is 0 Å². The number of hydrogen-bond acceptors (Lipinski definition) is 5. The van der Waals surface area contributed by atoms with Gasteiger partial charge in [-0.15, -0.1) is 0 Å². The first-order valence-corrected chi connectivity index (χ1v) is 8.39. The van der Waals surface area contributed by atoms with Crippen LogP contribution in [0, 0.1) is 11.6 Å². The zero-order chi connectivity index (χ0) is 19.1. The molecule has 0 saturated carbocycles. The number of anilines is 1. The van der Waals surface area contributed by atoms with Crippen LogP contribution in [-0.4, -0.2) is 35.5 Å². The molecule has 0 bridgehead atoms. The van der Waals surface area contributed by atoms with E-state index in [0.717, 1.165) is 5.56 Å². The van der Waals surface area contributed by atoms with Gasteiger partial charge in [0.25, 0.3) is 5.56 Å². The fraction of sp³-hybridized carbons (Fsp3) is 0.211. The Morgan fingerprint density at radius 1 is 1.22 bits per heavy atom. The summed E-state index contributed by atoms with van der Waals surface area (Å²) in [5.41, 5.74) is 1.47. The van der Waals surface area contributed by atoms with E-state index in [0.29, 0.717) is 23.3 Å². The lowest BCUT2D eigenvalue weighted by Crippen LogP contribution is -2.33. The summed E-state index contributed by atoms with van der Waals surface area (Å²) in [6.45, 7) is 3.98. The maximum Gasteiger partial charge on any atom is 0.272 e. The molecule has 3 aromatic rings. The molecule has 0 fully saturated rings. The maximum atomic E-state index is 14.1. The highest BCUT2D eigenvalue weighted by Gasteiger charge is 2.34. The van der Waals surface area contributed by atoms with Crippen LogP contribution < -0.4 is 10.9 Å². The molecule has 2 aromatic carbocycles. The molecule has 2 atom stereocenters. The first kappa shape index (κ1) is 17.1. The van der Waals surface area contributed by atoms with E-state index in [1.807, 2.05) is 0 Å². The molecule has 1 aliphatic heterocycles. The van der Waals surface area contributed by atoms with Gasteiger partial charge in [0.2, 0.25) is 0 Å². The minimum absolute atomic E-state index is 0.233. The third-order valence-corrected chi connectivity index (χ3v) is 4.88. The molecule has 1 aliphatic rings. The molecular weight excluding hydrogens is 352 g/mol. The maximum absolute atomic E-state index is 14.1. The second kappa shape index (κ2) is 6.46. The number of aromatic nitrogens is 2. The average molecular weight is 369 g/mol. The van der Waals surface area contributed by atoms with Crippen LogP contribution in [0.2, 0.25) is 0 Å². The Labute approximate surface area is 153 Å². The summed E-state index contributed by atoms with van der Waals surface area (Å²) < 4.78 is 27.5. The molecule has 0 spiro atoms. The molecule has 2 N–H and O–H groups in total. The summed E-state index contributed by atoms with van der Waals surface area (Å²) in [6, 6.07) is 8.33. The fourth-order valence-corrected chi connectivity index (χ4v) is 3.62. The van der Waals surface area contributed by atoms with Crippen molar-refractivity contribution in [3.8, 4) is 0 Å². The number of hydrogen-bond donors (Lipinski definition) is 2. The largest absolute Gasteiger partial charge is 0.377 e. The first-order valence-electron chi connectivity index (χ1n) is 8.39. The lowest BCUT2D eigenvalue weighted by atomic mass is 9.84. The Kier molecular flexibility index (Phi) is 4.10. The monoisotopic (exact) mass is 369 g/mol. The molecule has 1 aromatic heterocycles. The van der Waals surface area contributed by atoms with Gasteiger partial charge in [-0.05, 0) is 29.8 Å². The van der Waals surface area contributed by atoms with Crippen LogP contribution in [0.3, 0.4) is 0 Å². The van der Waals surface area contributed by atoms with Crippen molar-refractivity contribution in [1.29, 1.82) is 0 Å². The quantitative estimate of drug-likeness (QED) is 0.548. The Hall–Kier alpha value is -3.29. The molecule has 27 heavy (non-hydrogen) atoms. The van der Waals surface area contributed by atoms with E-state index in [-0.39, 0.29) is 23.2 Å². The highest BCUT2D eigenvalue weighted by Crippen LogP contribution is 2.43. The number of rotatable bonds is 4. The topological polar surface area (TPSA) is 73.4 Å². The molecule has 0 saturated heterocycles. The van der Waals surface area contributed by atoms with E-state index in [2.05, 4.69) is 27.3 Å². The van der Waals surface area contributed by atoms with Gasteiger partial charge in [-0.3, -0.25) is 9.80 Å². The summed E-state index contributed by atoms with van der Waals surface area (Å²) in [5.74, 6) is -1.09. The predicted molar refractivity (Wildman–Crippen MR) is 100 cm³/mol. The van der Waals surface area contributed by atoms with Gasteiger partial charge in [0.05, 0.1) is 17.1 Å². The van der Waals surface area contributed by atoms with Gasteiger partial charge >= 0.3 is 0 Å². The summed E-state index contributed by atoms with van der Waals surface area (Å²) in [4.78, 5) is 12.2. The number of hydrazone groups is 1. The molecule has 0 amide bonds. The number of H-pyrrole nitrogens is 1. The number of benzene rings is 2. The number of nitrogens with one attached hydrogen (secondary N) is 2. The number of nitrogens with zero attached hydrogens (tertiary/aromatic N) is 3. The Bertz CT molecular complexity index is 1080. The molecule has 0 unspecified atom stereocenters. The Balaban J connectivity index is 1.94.